The zero-order chi connectivity index (χ0) is 15.1. The van der Waals surface area contributed by atoms with Crippen LogP contribution in [-0.4, -0.2) is 52.7 Å². The lowest BCUT2D eigenvalue weighted by Gasteiger charge is -2.17. The van der Waals surface area contributed by atoms with E-state index in [4.69, 9.17) is 5.11 Å². The van der Waals surface area contributed by atoms with Crippen LogP contribution in [0.2, 0.25) is 0 Å². The maximum Gasteiger partial charge on any atom is 0.511 e. The lowest BCUT2D eigenvalue weighted by atomic mass is 10.2. The van der Waals surface area contributed by atoms with Gasteiger partial charge in [-0.25, -0.2) is 9.59 Å². The molecule has 0 aromatic heterocycles. The Morgan fingerprint density at radius 3 is 2.90 bits per heavy atom. The highest BCUT2D eigenvalue weighted by Crippen LogP contribution is 2.17. The minimum Gasteiger partial charge on any atom is -0.569 e. The molecule has 1 aliphatic heterocycles. The van der Waals surface area contributed by atoms with Crippen LogP contribution in [0, 0.1) is 5.21 Å². The molecular formula is C10H17N3O7. The molecule has 0 spiro atoms. The maximum atomic E-state index is 11.6. The molecule has 0 radical (unpaired) electrons. The summed E-state index contributed by atoms with van der Waals surface area (Å²) in [6, 6.07) is -0.930. The molecule has 10 heteroatoms. The van der Waals surface area contributed by atoms with Gasteiger partial charge in [0.05, 0.1) is 18.1 Å². The van der Waals surface area contributed by atoms with Crippen molar-refractivity contribution in [3.63, 3.8) is 0 Å². The van der Waals surface area contributed by atoms with Crippen molar-refractivity contribution in [2.24, 2.45) is 5.28 Å². The number of rotatable bonds is 6. The SMILES string of the molecule is CCOC(=O)OC(C)O/N=[N+](\[O-])N1CCC[C@H]1C(=O)O. The molecule has 1 unspecified atom stereocenters. The van der Waals surface area contributed by atoms with Crippen LogP contribution in [0.15, 0.2) is 5.28 Å². The van der Waals surface area contributed by atoms with Crippen LogP contribution in [0.1, 0.15) is 26.7 Å². The number of carbonyl (C=O) groups is 2. The predicted octanol–water partition coefficient (Wildman–Crippen LogP) is 0.864. The van der Waals surface area contributed by atoms with Crippen LogP contribution in [0.5, 0.6) is 0 Å². The van der Waals surface area contributed by atoms with E-state index in [9.17, 15) is 14.8 Å². The third-order valence-electron chi connectivity index (χ3n) is 2.52. The van der Waals surface area contributed by atoms with Gasteiger partial charge in [-0.1, -0.05) is 0 Å². The molecule has 20 heavy (non-hydrogen) atoms. The van der Waals surface area contributed by atoms with Gasteiger partial charge in [-0.2, -0.15) is 0 Å². The summed E-state index contributed by atoms with van der Waals surface area (Å²) in [4.78, 5) is 26.5. The van der Waals surface area contributed by atoms with Crippen molar-refractivity contribution in [3.8, 4) is 0 Å². The largest absolute Gasteiger partial charge is 0.569 e. The van der Waals surface area contributed by atoms with Gasteiger partial charge in [-0.3, -0.25) is 4.84 Å². The molecule has 114 valence electrons. The van der Waals surface area contributed by atoms with Gasteiger partial charge in [0.15, 0.2) is 6.04 Å². The molecule has 0 bridgehead atoms. The van der Waals surface area contributed by atoms with E-state index in [1.165, 1.54) is 6.92 Å². The van der Waals surface area contributed by atoms with Crippen molar-refractivity contribution in [2.75, 3.05) is 13.2 Å². The number of hydrogen-bond donors (Lipinski definition) is 1. The van der Waals surface area contributed by atoms with E-state index in [-0.39, 0.29) is 18.1 Å². The highest BCUT2D eigenvalue weighted by atomic mass is 16.8. The molecule has 1 fully saturated rings. The minimum atomic E-state index is -1.13. The van der Waals surface area contributed by atoms with Crippen LogP contribution in [0.4, 0.5) is 4.79 Å². The monoisotopic (exact) mass is 291 g/mol. The zero-order valence-electron chi connectivity index (χ0n) is 11.2. The van der Waals surface area contributed by atoms with Crippen molar-refractivity contribution in [3.05, 3.63) is 5.21 Å². The summed E-state index contributed by atoms with van der Waals surface area (Å²) >= 11 is 0. The summed E-state index contributed by atoms with van der Waals surface area (Å²) in [6.45, 7) is 3.35. The van der Waals surface area contributed by atoms with Crippen LogP contribution in [0.3, 0.4) is 0 Å². The molecule has 2 atom stereocenters. The predicted molar refractivity (Wildman–Crippen MR) is 62.1 cm³/mol. The number of carboxylic acids is 1. The van der Waals surface area contributed by atoms with E-state index in [0.717, 1.165) is 5.01 Å². The molecule has 10 nitrogen and oxygen atoms in total. The summed E-state index contributed by atoms with van der Waals surface area (Å²) in [7, 11) is 0. The van der Waals surface area contributed by atoms with Crippen molar-refractivity contribution in [2.45, 2.75) is 39.0 Å². The molecule has 1 heterocycles. The second kappa shape index (κ2) is 7.36. The lowest BCUT2D eigenvalue weighted by Crippen LogP contribution is -2.40. The summed E-state index contributed by atoms with van der Waals surface area (Å²) in [5.41, 5.74) is 0. The van der Waals surface area contributed by atoms with Crippen LogP contribution in [-0.2, 0) is 19.1 Å². The summed E-state index contributed by atoms with van der Waals surface area (Å²) in [5.74, 6) is -1.10. The fraction of sp³-hybridized carbons (Fsp3) is 0.800. The van der Waals surface area contributed by atoms with Crippen molar-refractivity contribution in [1.82, 2.24) is 5.01 Å². The summed E-state index contributed by atoms with van der Waals surface area (Å²) < 4.78 is 9.11. The number of aliphatic carboxylic acids is 1. The summed E-state index contributed by atoms with van der Waals surface area (Å²) in [5, 5.41) is 24.7. The van der Waals surface area contributed by atoms with Crippen molar-refractivity contribution < 1.29 is 34.0 Å². The molecule has 0 aromatic rings. The van der Waals surface area contributed by atoms with Gasteiger partial charge >= 0.3 is 12.1 Å². The molecular weight excluding hydrogens is 274 g/mol. The van der Waals surface area contributed by atoms with Gasteiger partial charge < -0.3 is 19.8 Å². The Morgan fingerprint density at radius 2 is 2.30 bits per heavy atom. The van der Waals surface area contributed by atoms with E-state index < -0.39 is 24.5 Å². The third-order valence-corrected chi connectivity index (χ3v) is 2.52. The Bertz CT molecular complexity index is 387. The molecule has 0 aromatic carbocycles. The van der Waals surface area contributed by atoms with Crippen LogP contribution in [0.25, 0.3) is 0 Å². The van der Waals surface area contributed by atoms with Gasteiger partial charge in [0.25, 0.3) is 6.29 Å². The normalized spacial score (nSPS) is 20.4. The van der Waals surface area contributed by atoms with Crippen LogP contribution >= 0.6 is 0 Å². The molecule has 1 N–H and O–H groups in total. The Hall–Kier alpha value is -2.26. The number of hydrogen-bond acceptors (Lipinski definition) is 7. The smallest absolute Gasteiger partial charge is 0.511 e. The molecule has 0 amide bonds. The van der Waals surface area contributed by atoms with Crippen molar-refractivity contribution in [1.29, 1.82) is 0 Å². The zero-order valence-corrected chi connectivity index (χ0v) is 11.2. The van der Waals surface area contributed by atoms with Gasteiger partial charge in [-0.15, -0.1) is 5.01 Å². The quantitative estimate of drug-likeness (QED) is 0.251. The molecule has 0 saturated carbocycles. The average Bonchev–Trinajstić information content (AvgIpc) is 2.85. The Kier molecular flexibility index (Phi) is 5.81. The second-order valence-corrected chi connectivity index (χ2v) is 3.97. The molecule has 1 saturated heterocycles. The van der Waals surface area contributed by atoms with Crippen LogP contribution < -0.4 is 0 Å². The lowest BCUT2D eigenvalue weighted by molar-refractivity contribution is -0.714. The third kappa shape index (κ3) is 4.44. The summed E-state index contributed by atoms with van der Waals surface area (Å²) in [6.07, 6.45) is -1.15. The first-order valence-electron chi connectivity index (χ1n) is 6.12. The van der Waals surface area contributed by atoms with E-state index >= 15 is 0 Å². The molecule has 1 aliphatic rings. The standard InChI is InChI=1S/C10H17N3O7/c1-3-18-10(16)19-7(2)20-11-13(17)12-6-4-5-8(12)9(14)15/h7-8H,3-6H2,1-2H3,(H,14,15)/b13-11-/t7?,8-/m0/s1. The highest BCUT2D eigenvalue weighted by Gasteiger charge is 2.37. The maximum absolute atomic E-state index is 11.6. The van der Waals surface area contributed by atoms with Gasteiger partial charge in [0, 0.05) is 6.92 Å². The first-order valence-corrected chi connectivity index (χ1v) is 6.12. The Morgan fingerprint density at radius 1 is 1.60 bits per heavy atom. The first kappa shape index (κ1) is 15.8. The van der Waals surface area contributed by atoms with E-state index in [1.54, 1.807) is 6.92 Å². The fourth-order valence-corrected chi connectivity index (χ4v) is 1.67. The van der Waals surface area contributed by atoms with Crippen molar-refractivity contribution >= 4 is 12.1 Å². The van der Waals surface area contributed by atoms with Gasteiger partial charge in [0.1, 0.15) is 0 Å². The molecule has 1 rings (SSSR count). The average molecular weight is 291 g/mol. The van der Waals surface area contributed by atoms with E-state index in [2.05, 4.69) is 19.6 Å². The first-order chi connectivity index (χ1) is 9.45. The minimum absolute atomic E-state index is 0.0524. The van der Waals surface area contributed by atoms with Gasteiger partial charge in [0.2, 0.25) is 5.28 Å². The second-order valence-electron chi connectivity index (χ2n) is 3.97. The number of carbonyl (C=O) groups excluding carboxylic acids is 1. The Balaban J connectivity index is 2.48. The number of ether oxygens (including phenoxy) is 2. The van der Waals surface area contributed by atoms with E-state index in [1.807, 2.05) is 0 Å². The van der Waals surface area contributed by atoms with E-state index in [0.29, 0.717) is 12.8 Å². The van der Waals surface area contributed by atoms with Gasteiger partial charge in [-0.05, 0) is 19.8 Å². The Labute approximate surface area is 115 Å². The fourth-order valence-electron chi connectivity index (χ4n) is 1.67. The topological polar surface area (TPSA) is 124 Å². The number of hydrazine groups is 1. The number of nitrogens with zero attached hydrogens (tertiary/aromatic N) is 3. The highest BCUT2D eigenvalue weighted by molar-refractivity contribution is 5.73. The molecule has 0 aliphatic carbocycles. The number of carboxylic acid groups (broad SMARTS) is 1.